The minimum atomic E-state index is -4.66. The second-order valence-corrected chi connectivity index (χ2v) is 3.49. The molecule has 2 aromatic rings. The van der Waals surface area contributed by atoms with Crippen molar-refractivity contribution in [2.24, 2.45) is 0 Å². The lowest BCUT2D eigenvalue weighted by Crippen LogP contribution is -2.10. The van der Waals surface area contributed by atoms with Crippen molar-refractivity contribution in [3.8, 4) is 0 Å². The second-order valence-electron chi connectivity index (χ2n) is 3.10. The number of rotatable bonds is 1. The fourth-order valence-corrected chi connectivity index (χ4v) is 1.37. The number of methoxy groups -OCH3 is 1. The topological polar surface area (TPSA) is 69.4 Å². The van der Waals surface area contributed by atoms with Crippen LogP contribution in [0.1, 0.15) is 16.3 Å². The summed E-state index contributed by atoms with van der Waals surface area (Å²) in [6.45, 7) is 0. The third-order valence-electron chi connectivity index (χ3n) is 1.93. The predicted molar refractivity (Wildman–Crippen MR) is 52.1 cm³/mol. The third kappa shape index (κ3) is 2.08. The summed E-state index contributed by atoms with van der Waals surface area (Å²) < 4.78 is 42.5. The fraction of sp³-hybridized carbons (Fsp3) is 0.250. The molecule has 0 N–H and O–H groups in total. The highest BCUT2D eigenvalue weighted by atomic mass is 35.5. The molecule has 2 rings (SSSR count). The van der Waals surface area contributed by atoms with Gasteiger partial charge in [-0.1, -0.05) is 11.6 Å². The highest BCUT2D eigenvalue weighted by molar-refractivity contribution is 6.29. The number of halogens is 4. The van der Waals surface area contributed by atoms with E-state index < -0.39 is 29.4 Å². The lowest BCUT2D eigenvalue weighted by molar-refractivity contribution is -0.141. The van der Waals surface area contributed by atoms with Crippen LogP contribution in [0.25, 0.3) is 5.78 Å². The molecule has 0 saturated carbocycles. The molecule has 0 saturated heterocycles. The summed E-state index contributed by atoms with van der Waals surface area (Å²) in [4.78, 5) is 17.8. The van der Waals surface area contributed by atoms with E-state index in [-0.39, 0.29) is 5.15 Å². The van der Waals surface area contributed by atoms with Crippen LogP contribution in [0.2, 0.25) is 5.15 Å². The highest BCUT2D eigenvalue weighted by Crippen LogP contribution is 2.29. The van der Waals surface area contributed by atoms with E-state index in [1.165, 1.54) is 0 Å². The summed E-state index contributed by atoms with van der Waals surface area (Å²) in [6.07, 6.45) is -4.66. The maximum atomic E-state index is 12.5. The molecule has 0 aromatic carbocycles. The van der Waals surface area contributed by atoms with Crippen LogP contribution in [-0.2, 0) is 10.9 Å². The van der Waals surface area contributed by atoms with E-state index in [1.807, 2.05) is 0 Å². The molecular weight excluding hydrogens is 277 g/mol. The molecule has 96 valence electrons. The van der Waals surface area contributed by atoms with Gasteiger partial charge in [0.1, 0.15) is 5.15 Å². The molecule has 0 aliphatic carbocycles. The normalized spacial score (nSPS) is 11.8. The molecule has 10 heteroatoms. The van der Waals surface area contributed by atoms with Gasteiger partial charge in [0.15, 0.2) is 5.69 Å². The number of ether oxygens (including phenoxy) is 1. The summed E-state index contributed by atoms with van der Waals surface area (Å²) in [5.41, 5.74) is -1.22. The zero-order valence-corrected chi connectivity index (χ0v) is 9.45. The van der Waals surface area contributed by atoms with E-state index in [4.69, 9.17) is 11.6 Å². The van der Waals surface area contributed by atoms with Crippen LogP contribution in [-0.4, -0.2) is 32.7 Å². The minimum absolute atomic E-state index is 0.366. The Labute approximate surface area is 102 Å². The quantitative estimate of drug-likeness (QED) is 0.586. The molecule has 0 atom stereocenters. The molecule has 0 radical (unpaired) electrons. The monoisotopic (exact) mass is 280 g/mol. The maximum Gasteiger partial charge on any atom is 0.433 e. The molecule has 0 aliphatic rings. The van der Waals surface area contributed by atoms with Crippen molar-refractivity contribution in [2.45, 2.75) is 6.18 Å². The van der Waals surface area contributed by atoms with Crippen molar-refractivity contribution in [3.05, 3.63) is 22.7 Å². The Morgan fingerprint density at radius 2 is 2.11 bits per heavy atom. The van der Waals surface area contributed by atoms with Crippen LogP contribution in [0.4, 0.5) is 13.2 Å². The van der Waals surface area contributed by atoms with Gasteiger partial charge in [-0.2, -0.15) is 22.7 Å². The molecular formula is C8H4ClF3N4O2. The van der Waals surface area contributed by atoms with Crippen molar-refractivity contribution >= 4 is 23.3 Å². The molecule has 6 nitrogen and oxygen atoms in total. The molecule has 0 amide bonds. The number of esters is 1. The Kier molecular flexibility index (Phi) is 2.85. The number of hydrogen-bond donors (Lipinski definition) is 0. The van der Waals surface area contributed by atoms with Crippen molar-refractivity contribution in [1.29, 1.82) is 0 Å². The lowest BCUT2D eigenvalue weighted by atomic mass is 10.4. The van der Waals surface area contributed by atoms with Gasteiger partial charge in [0.25, 0.3) is 11.6 Å². The zero-order chi connectivity index (χ0) is 13.5. The Hall–Kier alpha value is -1.90. The lowest BCUT2D eigenvalue weighted by Gasteiger charge is -2.05. The fourth-order valence-electron chi connectivity index (χ4n) is 1.16. The van der Waals surface area contributed by atoms with Gasteiger partial charge in [-0.15, -0.1) is 5.10 Å². The van der Waals surface area contributed by atoms with Crippen molar-refractivity contribution in [2.75, 3.05) is 7.11 Å². The number of hydrogen-bond acceptors (Lipinski definition) is 5. The minimum Gasteiger partial charge on any atom is -0.463 e. The van der Waals surface area contributed by atoms with Gasteiger partial charge in [-0.05, 0) is 0 Å². The summed E-state index contributed by atoms with van der Waals surface area (Å²) >= 11 is 5.60. The smallest absolute Gasteiger partial charge is 0.433 e. The van der Waals surface area contributed by atoms with Crippen LogP contribution in [0, 0.1) is 0 Å². The van der Waals surface area contributed by atoms with Crippen LogP contribution < -0.4 is 0 Å². The van der Waals surface area contributed by atoms with Crippen LogP contribution in [0.3, 0.4) is 0 Å². The number of aromatic nitrogens is 4. The number of carbonyl (C=O) groups excluding carboxylic acids is 1. The van der Waals surface area contributed by atoms with E-state index in [0.29, 0.717) is 6.07 Å². The first kappa shape index (κ1) is 12.6. The van der Waals surface area contributed by atoms with Gasteiger partial charge in [0, 0.05) is 6.07 Å². The molecule has 0 aliphatic heterocycles. The Balaban J connectivity index is 2.63. The number of alkyl halides is 3. The molecule has 0 unspecified atom stereocenters. The van der Waals surface area contributed by atoms with E-state index in [1.54, 1.807) is 0 Å². The number of carbonyl (C=O) groups is 1. The molecule has 0 spiro atoms. The predicted octanol–water partition coefficient (Wildman–Crippen LogP) is 1.58. The van der Waals surface area contributed by atoms with E-state index >= 15 is 0 Å². The summed E-state index contributed by atoms with van der Waals surface area (Å²) in [7, 11) is 1.09. The molecule has 2 aromatic heterocycles. The van der Waals surface area contributed by atoms with E-state index in [2.05, 4.69) is 19.8 Å². The first-order chi connectivity index (χ1) is 8.32. The second kappa shape index (κ2) is 4.09. The number of fused-ring (bicyclic) bond motifs is 1. The third-order valence-corrected chi connectivity index (χ3v) is 2.20. The first-order valence-electron chi connectivity index (χ1n) is 4.42. The van der Waals surface area contributed by atoms with Crippen molar-refractivity contribution < 1.29 is 22.7 Å². The van der Waals surface area contributed by atoms with Gasteiger partial charge in [-0.3, -0.25) is 0 Å². The average Bonchev–Trinajstić information content (AvgIpc) is 2.71. The Morgan fingerprint density at radius 3 is 2.67 bits per heavy atom. The largest absolute Gasteiger partial charge is 0.463 e. The molecule has 18 heavy (non-hydrogen) atoms. The number of nitrogens with zero attached hydrogens (tertiary/aromatic N) is 4. The average molecular weight is 281 g/mol. The summed E-state index contributed by atoms with van der Waals surface area (Å²) in [6, 6.07) is 0.588. The van der Waals surface area contributed by atoms with Crippen molar-refractivity contribution in [3.63, 3.8) is 0 Å². The summed E-state index contributed by atoms with van der Waals surface area (Å²) in [5, 5.41) is 3.21. The van der Waals surface area contributed by atoms with Crippen molar-refractivity contribution in [1.82, 2.24) is 19.6 Å². The van der Waals surface area contributed by atoms with Gasteiger partial charge in [-0.25, -0.2) is 9.78 Å². The van der Waals surface area contributed by atoms with Crippen LogP contribution in [0.5, 0.6) is 0 Å². The van der Waals surface area contributed by atoms with Gasteiger partial charge in [0.05, 0.1) is 7.11 Å². The SMILES string of the molecule is COC(=O)c1nc2nc(C(F)(F)F)cc(Cl)n2n1. The van der Waals surface area contributed by atoms with E-state index in [9.17, 15) is 18.0 Å². The van der Waals surface area contributed by atoms with Gasteiger partial charge >= 0.3 is 12.1 Å². The Bertz CT molecular complexity index is 625. The van der Waals surface area contributed by atoms with Crippen LogP contribution in [0.15, 0.2) is 6.07 Å². The van der Waals surface area contributed by atoms with Gasteiger partial charge < -0.3 is 4.74 Å². The zero-order valence-electron chi connectivity index (χ0n) is 8.69. The standard InChI is InChI=1S/C8H4ClF3N4O2/c1-18-6(17)5-14-7-13-3(8(10,11)12)2-4(9)16(7)15-5/h2H,1H3. The van der Waals surface area contributed by atoms with E-state index in [0.717, 1.165) is 11.6 Å². The van der Waals surface area contributed by atoms with Crippen LogP contribution >= 0.6 is 11.6 Å². The Morgan fingerprint density at radius 1 is 1.44 bits per heavy atom. The first-order valence-corrected chi connectivity index (χ1v) is 4.79. The summed E-state index contributed by atoms with van der Waals surface area (Å²) in [5.74, 6) is -1.76. The maximum absolute atomic E-state index is 12.5. The molecule has 0 bridgehead atoms. The van der Waals surface area contributed by atoms with Gasteiger partial charge in [0.2, 0.25) is 0 Å². The highest BCUT2D eigenvalue weighted by Gasteiger charge is 2.34. The molecule has 2 heterocycles. The molecule has 0 fully saturated rings.